The van der Waals surface area contributed by atoms with Gasteiger partial charge in [-0.1, -0.05) is 18.2 Å². The summed E-state index contributed by atoms with van der Waals surface area (Å²) in [7, 11) is 0. The first-order chi connectivity index (χ1) is 10.8. The van der Waals surface area contributed by atoms with Crippen LogP contribution in [0.1, 0.15) is 12.8 Å². The van der Waals surface area contributed by atoms with E-state index in [1.165, 1.54) is 0 Å². The van der Waals surface area contributed by atoms with Gasteiger partial charge in [-0.05, 0) is 49.2 Å². The number of hydrogen-bond donors (Lipinski definition) is 2. The van der Waals surface area contributed by atoms with Crippen molar-refractivity contribution in [2.75, 3.05) is 11.9 Å². The highest BCUT2D eigenvalue weighted by molar-refractivity contribution is 5.89. The van der Waals surface area contributed by atoms with Gasteiger partial charge in [-0.3, -0.25) is 0 Å². The normalized spacial score (nSPS) is 17.0. The Morgan fingerprint density at radius 2 is 1.77 bits per heavy atom. The molecule has 0 bridgehead atoms. The molecule has 2 N–H and O–H groups in total. The Hall–Kier alpha value is -2.53. The van der Waals surface area contributed by atoms with Crippen LogP contribution in [0.25, 0.3) is 0 Å². The maximum absolute atomic E-state index is 11.8. The van der Waals surface area contributed by atoms with Gasteiger partial charge in [-0.2, -0.15) is 0 Å². The minimum atomic E-state index is -0.261. The highest BCUT2D eigenvalue weighted by Crippen LogP contribution is 2.22. The molecule has 2 amide bonds. The lowest BCUT2D eigenvalue weighted by atomic mass is 10.3. The van der Waals surface area contributed by atoms with Gasteiger partial charge in [0, 0.05) is 12.3 Å². The average Bonchev–Trinajstić information content (AvgIpc) is 3.03. The van der Waals surface area contributed by atoms with E-state index in [0.717, 1.165) is 24.3 Å². The van der Waals surface area contributed by atoms with Crippen LogP contribution in [-0.4, -0.2) is 18.9 Å². The fourth-order valence-corrected chi connectivity index (χ4v) is 2.24. The number of para-hydroxylation sites is 1. The van der Waals surface area contributed by atoms with Crippen LogP contribution in [0.5, 0.6) is 11.5 Å². The Kier molecular flexibility index (Phi) is 4.56. The van der Waals surface area contributed by atoms with Crippen LogP contribution in [-0.2, 0) is 4.74 Å². The molecule has 0 radical (unpaired) electrons. The number of hydrogen-bond acceptors (Lipinski definition) is 3. The summed E-state index contributed by atoms with van der Waals surface area (Å²) >= 11 is 0. The van der Waals surface area contributed by atoms with Crippen LogP contribution in [0.15, 0.2) is 54.6 Å². The van der Waals surface area contributed by atoms with E-state index < -0.39 is 0 Å². The largest absolute Gasteiger partial charge is 0.457 e. The van der Waals surface area contributed by atoms with Crippen molar-refractivity contribution in [2.24, 2.45) is 0 Å². The lowest BCUT2D eigenvalue weighted by Crippen LogP contribution is -2.37. The van der Waals surface area contributed by atoms with Crippen LogP contribution >= 0.6 is 0 Å². The van der Waals surface area contributed by atoms with Gasteiger partial charge in [0.25, 0.3) is 0 Å². The SMILES string of the molecule is O=C(Nc1ccc(Oc2ccccc2)cc1)NC1CCCO1. The van der Waals surface area contributed by atoms with Crippen LogP contribution in [0.2, 0.25) is 0 Å². The number of amides is 2. The van der Waals surface area contributed by atoms with Gasteiger partial charge in [-0.25, -0.2) is 4.79 Å². The van der Waals surface area contributed by atoms with Crippen LogP contribution < -0.4 is 15.4 Å². The second kappa shape index (κ2) is 6.95. The lowest BCUT2D eigenvalue weighted by Gasteiger charge is -2.13. The predicted octanol–water partition coefficient (Wildman–Crippen LogP) is 3.74. The lowest BCUT2D eigenvalue weighted by molar-refractivity contribution is 0.0928. The molecule has 1 heterocycles. The van der Waals surface area contributed by atoms with Gasteiger partial charge in [0.2, 0.25) is 0 Å². The summed E-state index contributed by atoms with van der Waals surface area (Å²) in [6.07, 6.45) is 1.66. The molecule has 114 valence electrons. The Bertz CT molecular complexity index is 608. The van der Waals surface area contributed by atoms with E-state index >= 15 is 0 Å². The summed E-state index contributed by atoms with van der Waals surface area (Å²) in [4.78, 5) is 11.8. The number of rotatable bonds is 4. The van der Waals surface area contributed by atoms with Gasteiger partial charge in [-0.15, -0.1) is 0 Å². The monoisotopic (exact) mass is 298 g/mol. The van der Waals surface area contributed by atoms with Crippen molar-refractivity contribution in [3.63, 3.8) is 0 Å². The van der Waals surface area contributed by atoms with E-state index in [4.69, 9.17) is 9.47 Å². The molecule has 22 heavy (non-hydrogen) atoms. The van der Waals surface area contributed by atoms with Gasteiger partial charge in [0.05, 0.1) is 0 Å². The quantitative estimate of drug-likeness (QED) is 0.904. The molecule has 1 atom stereocenters. The Balaban J connectivity index is 1.53. The molecule has 1 unspecified atom stereocenters. The zero-order valence-electron chi connectivity index (χ0n) is 12.1. The molecule has 0 aromatic heterocycles. The third kappa shape index (κ3) is 3.99. The number of carbonyl (C=O) groups is 1. The fraction of sp³-hybridized carbons (Fsp3) is 0.235. The highest BCUT2D eigenvalue weighted by atomic mass is 16.5. The van der Waals surface area contributed by atoms with Crippen molar-refractivity contribution in [3.05, 3.63) is 54.6 Å². The zero-order chi connectivity index (χ0) is 15.2. The van der Waals surface area contributed by atoms with Crippen molar-refractivity contribution in [1.82, 2.24) is 5.32 Å². The van der Waals surface area contributed by atoms with Crippen LogP contribution in [0.4, 0.5) is 10.5 Å². The van der Waals surface area contributed by atoms with E-state index in [2.05, 4.69) is 10.6 Å². The van der Waals surface area contributed by atoms with E-state index in [1.807, 2.05) is 42.5 Å². The summed E-state index contributed by atoms with van der Waals surface area (Å²) in [5, 5.41) is 5.55. The number of anilines is 1. The first-order valence-corrected chi connectivity index (χ1v) is 7.32. The third-order valence-corrected chi connectivity index (χ3v) is 3.31. The predicted molar refractivity (Wildman–Crippen MR) is 84.1 cm³/mol. The summed E-state index contributed by atoms with van der Waals surface area (Å²) in [6.45, 7) is 0.705. The van der Waals surface area contributed by atoms with Gasteiger partial charge < -0.3 is 20.1 Å². The summed E-state index contributed by atoms with van der Waals surface area (Å²) < 4.78 is 11.1. The van der Waals surface area contributed by atoms with E-state index in [9.17, 15) is 4.79 Å². The molecular formula is C17H18N2O3. The zero-order valence-corrected chi connectivity index (χ0v) is 12.1. The molecule has 0 aliphatic carbocycles. The van der Waals surface area contributed by atoms with E-state index in [-0.39, 0.29) is 12.3 Å². The highest BCUT2D eigenvalue weighted by Gasteiger charge is 2.17. The molecule has 1 aliphatic heterocycles. The third-order valence-electron chi connectivity index (χ3n) is 3.31. The molecule has 1 fully saturated rings. The van der Waals surface area contributed by atoms with Crippen molar-refractivity contribution >= 4 is 11.7 Å². The topological polar surface area (TPSA) is 59.6 Å². The maximum atomic E-state index is 11.8. The van der Waals surface area contributed by atoms with E-state index in [1.54, 1.807) is 12.1 Å². The number of ether oxygens (including phenoxy) is 2. The number of urea groups is 1. The first-order valence-electron chi connectivity index (χ1n) is 7.32. The molecular weight excluding hydrogens is 280 g/mol. The van der Waals surface area contributed by atoms with Gasteiger partial charge in [0.15, 0.2) is 0 Å². The van der Waals surface area contributed by atoms with Gasteiger partial charge in [0.1, 0.15) is 17.7 Å². The molecule has 2 aromatic rings. The molecule has 3 rings (SSSR count). The van der Waals surface area contributed by atoms with Gasteiger partial charge >= 0.3 is 6.03 Å². The van der Waals surface area contributed by atoms with Crippen LogP contribution in [0.3, 0.4) is 0 Å². The molecule has 5 nitrogen and oxygen atoms in total. The summed E-state index contributed by atoms with van der Waals surface area (Å²) in [6, 6.07) is 16.5. The molecule has 0 saturated carbocycles. The average molecular weight is 298 g/mol. The first kappa shape index (κ1) is 14.4. The Morgan fingerprint density at radius 3 is 2.45 bits per heavy atom. The molecule has 0 spiro atoms. The maximum Gasteiger partial charge on any atom is 0.321 e. The second-order valence-electron chi connectivity index (χ2n) is 5.04. The Labute approximate surface area is 129 Å². The second-order valence-corrected chi connectivity index (χ2v) is 5.04. The van der Waals surface area contributed by atoms with Crippen molar-refractivity contribution in [3.8, 4) is 11.5 Å². The number of nitrogens with one attached hydrogen (secondary N) is 2. The molecule has 2 aromatic carbocycles. The minimum absolute atomic E-state index is 0.180. The summed E-state index contributed by atoms with van der Waals surface area (Å²) in [5.74, 6) is 1.50. The number of benzene rings is 2. The fourth-order valence-electron chi connectivity index (χ4n) is 2.24. The molecule has 1 aliphatic rings. The van der Waals surface area contributed by atoms with Crippen molar-refractivity contribution in [1.29, 1.82) is 0 Å². The molecule has 1 saturated heterocycles. The van der Waals surface area contributed by atoms with E-state index in [0.29, 0.717) is 12.3 Å². The minimum Gasteiger partial charge on any atom is -0.457 e. The standard InChI is InChI=1S/C17H18N2O3/c20-17(19-16-7-4-12-21-16)18-13-8-10-15(11-9-13)22-14-5-2-1-3-6-14/h1-3,5-6,8-11,16H,4,7,12H2,(H2,18,19,20). The van der Waals surface area contributed by atoms with Crippen LogP contribution in [0, 0.1) is 0 Å². The Morgan fingerprint density at radius 1 is 1.05 bits per heavy atom. The van der Waals surface area contributed by atoms with Crippen molar-refractivity contribution < 1.29 is 14.3 Å². The number of carbonyl (C=O) groups excluding carboxylic acids is 1. The summed E-state index contributed by atoms with van der Waals surface area (Å²) in [5.41, 5.74) is 0.705. The van der Waals surface area contributed by atoms with Crippen molar-refractivity contribution in [2.45, 2.75) is 19.1 Å². The molecule has 5 heteroatoms. The smallest absolute Gasteiger partial charge is 0.321 e.